The van der Waals surface area contributed by atoms with E-state index in [1.807, 2.05) is 0 Å². The lowest BCUT2D eigenvalue weighted by Gasteiger charge is -2.35. The molecule has 1 aromatic carbocycles. The number of hydrogen-bond acceptors (Lipinski definition) is 3. The average Bonchev–Trinajstić information content (AvgIpc) is 2.64. The van der Waals surface area contributed by atoms with Crippen LogP contribution in [-0.2, 0) is 9.53 Å². The molecule has 132 valence electrons. The van der Waals surface area contributed by atoms with E-state index in [2.05, 4.69) is 40.5 Å². The summed E-state index contributed by atoms with van der Waals surface area (Å²) < 4.78 is 5.69. The predicted molar refractivity (Wildman–Crippen MR) is 95.8 cm³/mol. The summed E-state index contributed by atoms with van der Waals surface area (Å²) in [4.78, 5) is 14.8. The van der Waals surface area contributed by atoms with Gasteiger partial charge in [0.1, 0.15) is 0 Å². The maximum atomic E-state index is 12.3. The minimum Gasteiger partial charge on any atom is -0.378 e. The Morgan fingerprint density at radius 3 is 2.62 bits per heavy atom. The normalized spacial score (nSPS) is 23.6. The van der Waals surface area contributed by atoms with E-state index in [9.17, 15) is 4.79 Å². The number of ether oxygens (including phenoxy) is 1. The lowest BCUT2D eigenvalue weighted by atomic mass is 10.0. The first-order valence-electron chi connectivity index (χ1n) is 9.50. The molecule has 2 aliphatic heterocycles. The van der Waals surface area contributed by atoms with Crippen LogP contribution in [0.3, 0.4) is 0 Å². The fourth-order valence-corrected chi connectivity index (χ4v) is 3.82. The highest BCUT2D eigenvalue weighted by atomic mass is 16.5. The van der Waals surface area contributed by atoms with Crippen molar-refractivity contribution < 1.29 is 9.53 Å². The van der Waals surface area contributed by atoms with Crippen LogP contribution < -0.4 is 5.32 Å². The molecule has 0 aromatic heterocycles. The van der Waals surface area contributed by atoms with Crippen molar-refractivity contribution in [3.05, 3.63) is 35.9 Å². The van der Waals surface area contributed by atoms with Gasteiger partial charge >= 0.3 is 0 Å². The van der Waals surface area contributed by atoms with Crippen LogP contribution in [0.1, 0.15) is 56.6 Å². The first-order valence-corrected chi connectivity index (χ1v) is 9.50. The quantitative estimate of drug-likeness (QED) is 0.870. The molecule has 2 saturated heterocycles. The molecule has 2 atom stereocenters. The summed E-state index contributed by atoms with van der Waals surface area (Å²) in [5.74, 6) is 0.125. The zero-order valence-corrected chi connectivity index (χ0v) is 14.6. The molecule has 0 spiro atoms. The van der Waals surface area contributed by atoms with Crippen LogP contribution in [-0.4, -0.2) is 43.2 Å². The number of carbonyl (C=O) groups excluding carboxylic acids is 1. The molecule has 1 amide bonds. The zero-order valence-electron chi connectivity index (χ0n) is 14.6. The van der Waals surface area contributed by atoms with Gasteiger partial charge in [0.05, 0.1) is 18.6 Å². The zero-order chi connectivity index (χ0) is 16.6. The van der Waals surface area contributed by atoms with E-state index in [4.69, 9.17) is 4.74 Å². The van der Waals surface area contributed by atoms with Crippen molar-refractivity contribution in [3.63, 3.8) is 0 Å². The Labute approximate surface area is 145 Å². The van der Waals surface area contributed by atoms with E-state index in [0.717, 1.165) is 32.5 Å². The molecule has 0 aliphatic carbocycles. The monoisotopic (exact) mass is 330 g/mol. The maximum absolute atomic E-state index is 12.3. The van der Waals surface area contributed by atoms with E-state index in [1.165, 1.54) is 31.2 Å². The standard InChI is InChI=1S/C20H30N2O2/c23-20(15-18-11-5-8-14-24-18)21-16-19(17-9-3-1-4-10-17)22-12-6-2-7-13-22/h1,3-4,9-10,18-19H,2,5-8,11-16H2,(H,21,23). The van der Waals surface area contributed by atoms with Crippen LogP contribution in [0.25, 0.3) is 0 Å². The highest BCUT2D eigenvalue weighted by Crippen LogP contribution is 2.24. The largest absolute Gasteiger partial charge is 0.378 e. The van der Waals surface area contributed by atoms with Crippen LogP contribution in [0, 0.1) is 0 Å². The Bertz CT molecular complexity index is 494. The fourth-order valence-electron chi connectivity index (χ4n) is 3.82. The highest BCUT2D eigenvalue weighted by molar-refractivity contribution is 5.76. The first kappa shape index (κ1) is 17.4. The molecule has 2 unspecified atom stereocenters. The Balaban J connectivity index is 1.56. The molecule has 2 heterocycles. The van der Waals surface area contributed by atoms with Gasteiger partial charge in [0.25, 0.3) is 0 Å². The lowest BCUT2D eigenvalue weighted by Crippen LogP contribution is -2.41. The van der Waals surface area contributed by atoms with Gasteiger partial charge in [-0.15, -0.1) is 0 Å². The molecular weight excluding hydrogens is 300 g/mol. The Hall–Kier alpha value is -1.39. The Morgan fingerprint density at radius 2 is 1.92 bits per heavy atom. The summed E-state index contributed by atoms with van der Waals surface area (Å²) in [5, 5.41) is 3.17. The Kier molecular flexibility index (Phi) is 6.67. The van der Waals surface area contributed by atoms with E-state index >= 15 is 0 Å². The van der Waals surface area contributed by atoms with Crippen molar-refractivity contribution in [2.75, 3.05) is 26.2 Å². The van der Waals surface area contributed by atoms with Crippen molar-refractivity contribution >= 4 is 5.91 Å². The molecule has 4 nitrogen and oxygen atoms in total. The van der Waals surface area contributed by atoms with E-state index in [1.54, 1.807) is 0 Å². The number of benzene rings is 1. The van der Waals surface area contributed by atoms with Gasteiger partial charge in [-0.25, -0.2) is 0 Å². The smallest absolute Gasteiger partial charge is 0.222 e. The van der Waals surface area contributed by atoms with Crippen molar-refractivity contribution in [1.29, 1.82) is 0 Å². The second-order valence-electron chi connectivity index (χ2n) is 7.02. The molecule has 2 fully saturated rings. The number of hydrogen-bond donors (Lipinski definition) is 1. The molecule has 0 saturated carbocycles. The van der Waals surface area contributed by atoms with Crippen LogP contribution >= 0.6 is 0 Å². The van der Waals surface area contributed by atoms with Gasteiger partial charge in [-0.1, -0.05) is 36.8 Å². The van der Waals surface area contributed by atoms with E-state index in [0.29, 0.717) is 13.0 Å². The SMILES string of the molecule is O=C(CC1CCCCO1)NCC(c1ccccc1)N1CCCCC1. The van der Waals surface area contributed by atoms with Gasteiger partial charge < -0.3 is 10.1 Å². The molecule has 2 aliphatic rings. The summed E-state index contributed by atoms with van der Waals surface area (Å²) in [6.07, 6.45) is 7.78. The molecule has 3 rings (SSSR count). The number of likely N-dealkylation sites (tertiary alicyclic amines) is 1. The summed E-state index contributed by atoms with van der Waals surface area (Å²) in [6.45, 7) is 3.75. The minimum absolute atomic E-state index is 0.115. The van der Waals surface area contributed by atoms with Crippen molar-refractivity contribution in [1.82, 2.24) is 10.2 Å². The number of nitrogens with zero attached hydrogens (tertiary/aromatic N) is 1. The molecule has 4 heteroatoms. The van der Waals surface area contributed by atoms with Gasteiger partial charge in [0.15, 0.2) is 0 Å². The fraction of sp³-hybridized carbons (Fsp3) is 0.650. The second-order valence-corrected chi connectivity index (χ2v) is 7.02. The van der Waals surface area contributed by atoms with Gasteiger partial charge in [-0.2, -0.15) is 0 Å². The van der Waals surface area contributed by atoms with Gasteiger partial charge in [-0.3, -0.25) is 9.69 Å². The van der Waals surface area contributed by atoms with Crippen molar-refractivity contribution in [3.8, 4) is 0 Å². The molecular formula is C20H30N2O2. The molecule has 24 heavy (non-hydrogen) atoms. The van der Waals surface area contributed by atoms with E-state index < -0.39 is 0 Å². The molecule has 1 aromatic rings. The second kappa shape index (κ2) is 9.19. The van der Waals surface area contributed by atoms with Crippen LogP contribution in [0.15, 0.2) is 30.3 Å². The molecule has 1 N–H and O–H groups in total. The topological polar surface area (TPSA) is 41.6 Å². The Morgan fingerprint density at radius 1 is 1.12 bits per heavy atom. The average molecular weight is 330 g/mol. The third-order valence-electron chi connectivity index (χ3n) is 5.20. The summed E-state index contributed by atoms with van der Waals surface area (Å²) >= 11 is 0. The number of piperidine rings is 1. The third-order valence-corrected chi connectivity index (χ3v) is 5.20. The lowest BCUT2D eigenvalue weighted by molar-refractivity contribution is -0.125. The predicted octanol–water partition coefficient (Wildman–Crippen LogP) is 3.29. The highest BCUT2D eigenvalue weighted by Gasteiger charge is 2.23. The first-order chi connectivity index (χ1) is 11.8. The van der Waals surface area contributed by atoms with Crippen LogP contribution in [0.5, 0.6) is 0 Å². The summed E-state index contributed by atoms with van der Waals surface area (Å²) in [6, 6.07) is 10.9. The van der Waals surface area contributed by atoms with Gasteiger partial charge in [0, 0.05) is 13.2 Å². The minimum atomic E-state index is 0.115. The van der Waals surface area contributed by atoms with Crippen molar-refractivity contribution in [2.45, 2.75) is 57.1 Å². The third kappa shape index (κ3) is 5.05. The molecule has 0 radical (unpaired) electrons. The van der Waals surface area contributed by atoms with Crippen LogP contribution in [0.2, 0.25) is 0 Å². The van der Waals surface area contributed by atoms with E-state index in [-0.39, 0.29) is 18.1 Å². The summed E-state index contributed by atoms with van der Waals surface area (Å²) in [7, 11) is 0. The van der Waals surface area contributed by atoms with Gasteiger partial charge in [0.2, 0.25) is 5.91 Å². The maximum Gasteiger partial charge on any atom is 0.222 e. The van der Waals surface area contributed by atoms with Crippen molar-refractivity contribution in [2.24, 2.45) is 0 Å². The number of amides is 1. The number of nitrogens with one attached hydrogen (secondary N) is 1. The summed E-state index contributed by atoms with van der Waals surface area (Å²) in [5.41, 5.74) is 1.30. The van der Waals surface area contributed by atoms with Gasteiger partial charge in [-0.05, 0) is 50.8 Å². The molecule has 0 bridgehead atoms. The number of carbonyl (C=O) groups is 1. The number of rotatable bonds is 6. The van der Waals surface area contributed by atoms with Crippen LogP contribution in [0.4, 0.5) is 0 Å².